The van der Waals surface area contributed by atoms with Crippen molar-refractivity contribution < 1.29 is 4.39 Å². The summed E-state index contributed by atoms with van der Waals surface area (Å²) in [6.07, 6.45) is 1.17. The van der Waals surface area contributed by atoms with Gasteiger partial charge in [0.05, 0.1) is 0 Å². The number of halogens is 1. The summed E-state index contributed by atoms with van der Waals surface area (Å²) in [5.41, 5.74) is 1.02. The van der Waals surface area contributed by atoms with E-state index in [2.05, 4.69) is 24.2 Å². The summed E-state index contributed by atoms with van der Waals surface area (Å²) in [6, 6.07) is 7.96. The van der Waals surface area contributed by atoms with Gasteiger partial charge in [0.1, 0.15) is 5.82 Å². The molecule has 1 saturated heterocycles. The number of benzene rings is 1. The molecule has 0 bridgehead atoms. The van der Waals surface area contributed by atoms with E-state index >= 15 is 0 Å². The second-order valence-electron chi connectivity index (χ2n) is 4.73. The van der Waals surface area contributed by atoms with E-state index in [9.17, 15) is 4.39 Å². The first-order chi connectivity index (χ1) is 7.65. The highest BCUT2D eigenvalue weighted by molar-refractivity contribution is 5.16. The monoisotopic (exact) mass is 222 g/mol. The number of nitrogens with zero attached hydrogens (tertiary/aromatic N) is 1. The average Bonchev–Trinajstić information content (AvgIpc) is 2.56. The third kappa shape index (κ3) is 2.80. The minimum Gasteiger partial charge on any atom is -0.309 e. The highest BCUT2D eigenvalue weighted by Gasteiger charge is 2.25. The summed E-state index contributed by atoms with van der Waals surface area (Å²) in [5.74, 6) is -0.156. The molecule has 1 N–H and O–H groups in total. The van der Waals surface area contributed by atoms with Crippen molar-refractivity contribution in [3.63, 3.8) is 0 Å². The number of rotatable bonds is 3. The predicted molar refractivity (Wildman–Crippen MR) is 63.7 cm³/mol. The van der Waals surface area contributed by atoms with E-state index in [4.69, 9.17) is 0 Å². The lowest BCUT2D eigenvalue weighted by Gasteiger charge is -2.13. The van der Waals surface area contributed by atoms with Crippen molar-refractivity contribution in [1.82, 2.24) is 10.2 Å². The van der Waals surface area contributed by atoms with Crippen LogP contribution >= 0.6 is 0 Å². The highest BCUT2D eigenvalue weighted by atomic mass is 19.1. The minimum absolute atomic E-state index is 0.156. The summed E-state index contributed by atoms with van der Waals surface area (Å²) in [6.45, 7) is 4.07. The van der Waals surface area contributed by atoms with Gasteiger partial charge in [-0.25, -0.2) is 4.39 Å². The molecule has 0 saturated carbocycles. The van der Waals surface area contributed by atoms with E-state index in [1.165, 1.54) is 12.5 Å². The maximum Gasteiger partial charge on any atom is 0.123 e. The van der Waals surface area contributed by atoms with E-state index in [0.29, 0.717) is 12.1 Å². The molecule has 16 heavy (non-hydrogen) atoms. The second-order valence-corrected chi connectivity index (χ2v) is 4.73. The molecule has 88 valence electrons. The molecule has 2 unspecified atom stereocenters. The van der Waals surface area contributed by atoms with Crippen molar-refractivity contribution in [3.05, 3.63) is 35.6 Å². The molecule has 0 amide bonds. The number of likely N-dealkylation sites (N-methyl/N-ethyl adjacent to an activating group) is 1. The third-order valence-corrected chi connectivity index (χ3v) is 3.37. The Morgan fingerprint density at radius 2 is 2.31 bits per heavy atom. The molecular formula is C13H19FN2. The molecule has 1 aromatic carbocycles. The Labute approximate surface area is 96.5 Å². The molecule has 0 spiro atoms. The molecular weight excluding hydrogens is 203 g/mol. The topological polar surface area (TPSA) is 15.3 Å². The van der Waals surface area contributed by atoms with Gasteiger partial charge < -0.3 is 10.2 Å². The first-order valence-corrected chi connectivity index (χ1v) is 5.83. The molecule has 1 aromatic rings. The van der Waals surface area contributed by atoms with E-state index in [1.807, 2.05) is 6.07 Å². The highest BCUT2D eigenvalue weighted by Crippen LogP contribution is 2.15. The van der Waals surface area contributed by atoms with Gasteiger partial charge in [-0.3, -0.25) is 0 Å². The van der Waals surface area contributed by atoms with Crippen LogP contribution in [0.5, 0.6) is 0 Å². The van der Waals surface area contributed by atoms with Crippen molar-refractivity contribution in [2.45, 2.75) is 32.0 Å². The van der Waals surface area contributed by atoms with Gasteiger partial charge in [-0.1, -0.05) is 12.1 Å². The number of likely N-dealkylation sites (tertiary alicyclic amines) is 1. The number of nitrogens with one attached hydrogen (secondary N) is 1. The van der Waals surface area contributed by atoms with E-state index in [0.717, 1.165) is 18.7 Å². The smallest absolute Gasteiger partial charge is 0.123 e. The summed E-state index contributed by atoms with van der Waals surface area (Å²) < 4.78 is 13.0. The standard InChI is InChI=1S/C13H19FN2/c1-10-6-13(9-16(10)2)15-8-11-4-3-5-12(14)7-11/h3-5,7,10,13,15H,6,8-9H2,1-2H3. The van der Waals surface area contributed by atoms with Gasteiger partial charge >= 0.3 is 0 Å². The van der Waals surface area contributed by atoms with Crippen LogP contribution in [0.4, 0.5) is 4.39 Å². The van der Waals surface area contributed by atoms with Crippen LogP contribution in [0, 0.1) is 5.82 Å². The second kappa shape index (κ2) is 4.93. The van der Waals surface area contributed by atoms with Crippen molar-refractivity contribution >= 4 is 0 Å². The molecule has 1 aliphatic rings. The molecule has 2 atom stereocenters. The van der Waals surface area contributed by atoms with Crippen LogP contribution in [0.2, 0.25) is 0 Å². The molecule has 0 aromatic heterocycles. The number of hydrogen-bond acceptors (Lipinski definition) is 2. The summed E-state index contributed by atoms with van der Waals surface area (Å²) in [5, 5.41) is 3.48. The van der Waals surface area contributed by atoms with Crippen LogP contribution in [0.15, 0.2) is 24.3 Å². The maximum absolute atomic E-state index is 13.0. The quantitative estimate of drug-likeness (QED) is 0.841. The molecule has 0 radical (unpaired) electrons. The van der Waals surface area contributed by atoms with Crippen LogP contribution in [0.3, 0.4) is 0 Å². The maximum atomic E-state index is 13.0. The Balaban J connectivity index is 1.84. The van der Waals surface area contributed by atoms with Crippen LogP contribution in [-0.2, 0) is 6.54 Å². The van der Waals surface area contributed by atoms with Gasteiger partial charge in [0, 0.05) is 25.2 Å². The van der Waals surface area contributed by atoms with Crippen LogP contribution in [0.25, 0.3) is 0 Å². The zero-order chi connectivity index (χ0) is 11.5. The fraction of sp³-hybridized carbons (Fsp3) is 0.538. The van der Waals surface area contributed by atoms with E-state index in [-0.39, 0.29) is 5.82 Å². The van der Waals surface area contributed by atoms with E-state index < -0.39 is 0 Å². The van der Waals surface area contributed by atoms with Crippen LogP contribution in [0.1, 0.15) is 18.9 Å². The normalized spacial score (nSPS) is 26.2. The SMILES string of the molecule is CC1CC(NCc2cccc(F)c2)CN1C. The lowest BCUT2D eigenvalue weighted by molar-refractivity contribution is 0.326. The minimum atomic E-state index is -0.156. The molecule has 1 heterocycles. The predicted octanol–water partition coefficient (Wildman–Crippen LogP) is 2.01. The van der Waals surface area contributed by atoms with Crippen molar-refractivity contribution in [1.29, 1.82) is 0 Å². The average molecular weight is 222 g/mol. The Morgan fingerprint density at radius 1 is 1.50 bits per heavy atom. The van der Waals surface area contributed by atoms with Gasteiger partial charge in [-0.2, -0.15) is 0 Å². The van der Waals surface area contributed by atoms with Crippen LogP contribution in [-0.4, -0.2) is 30.6 Å². The summed E-state index contributed by atoms with van der Waals surface area (Å²) in [7, 11) is 2.15. The molecule has 1 aliphatic heterocycles. The van der Waals surface area contributed by atoms with Gasteiger partial charge in [0.15, 0.2) is 0 Å². The van der Waals surface area contributed by atoms with Crippen molar-refractivity contribution in [2.75, 3.05) is 13.6 Å². The van der Waals surface area contributed by atoms with Crippen molar-refractivity contribution in [2.24, 2.45) is 0 Å². The zero-order valence-corrected chi connectivity index (χ0v) is 9.91. The van der Waals surface area contributed by atoms with Crippen LogP contribution < -0.4 is 5.32 Å². The summed E-state index contributed by atoms with van der Waals surface area (Å²) >= 11 is 0. The lowest BCUT2D eigenvalue weighted by atomic mass is 10.1. The molecule has 0 aliphatic carbocycles. The molecule has 1 fully saturated rings. The van der Waals surface area contributed by atoms with Gasteiger partial charge in [-0.05, 0) is 38.1 Å². The van der Waals surface area contributed by atoms with Gasteiger partial charge in [-0.15, -0.1) is 0 Å². The largest absolute Gasteiger partial charge is 0.309 e. The molecule has 2 rings (SSSR count). The Kier molecular flexibility index (Phi) is 3.56. The lowest BCUT2D eigenvalue weighted by Crippen LogP contribution is -2.31. The first-order valence-electron chi connectivity index (χ1n) is 5.83. The Morgan fingerprint density at radius 3 is 2.94 bits per heavy atom. The Hall–Kier alpha value is -0.930. The fourth-order valence-electron chi connectivity index (χ4n) is 2.25. The summed E-state index contributed by atoms with van der Waals surface area (Å²) in [4.78, 5) is 2.35. The van der Waals surface area contributed by atoms with Crippen molar-refractivity contribution in [3.8, 4) is 0 Å². The first kappa shape index (κ1) is 11.6. The number of hydrogen-bond donors (Lipinski definition) is 1. The fourth-order valence-corrected chi connectivity index (χ4v) is 2.25. The molecule has 3 heteroatoms. The molecule has 2 nitrogen and oxygen atoms in total. The third-order valence-electron chi connectivity index (χ3n) is 3.37. The zero-order valence-electron chi connectivity index (χ0n) is 9.91. The Bertz CT molecular complexity index is 344. The van der Waals surface area contributed by atoms with Gasteiger partial charge in [0.2, 0.25) is 0 Å². The van der Waals surface area contributed by atoms with Gasteiger partial charge in [0.25, 0.3) is 0 Å². The van der Waals surface area contributed by atoms with E-state index in [1.54, 1.807) is 12.1 Å².